The monoisotopic (exact) mass is 1170 g/mol. The summed E-state index contributed by atoms with van der Waals surface area (Å²) in [7, 11) is -6.86. The van der Waals surface area contributed by atoms with Crippen LogP contribution < -0.4 is 26.1 Å². The second kappa shape index (κ2) is 26.7. The lowest BCUT2D eigenvalue weighted by Gasteiger charge is -2.50. The molecule has 2 saturated heterocycles. The van der Waals surface area contributed by atoms with Crippen molar-refractivity contribution < 1.29 is 66.7 Å². The first-order valence-corrected chi connectivity index (χ1v) is 32.0. The summed E-state index contributed by atoms with van der Waals surface area (Å²) in [5.41, 5.74) is 0.375. The summed E-state index contributed by atoms with van der Waals surface area (Å²) in [5.74, 6) is -3.19. The molecule has 0 radical (unpaired) electrons. The van der Waals surface area contributed by atoms with E-state index < -0.39 is 112 Å². The number of aliphatic hydroxyl groups is 2. The molecule has 0 aromatic heterocycles. The van der Waals surface area contributed by atoms with Crippen molar-refractivity contribution in [3.05, 3.63) is 229 Å². The van der Waals surface area contributed by atoms with Gasteiger partial charge in [0.1, 0.15) is 30.5 Å². The van der Waals surface area contributed by atoms with Gasteiger partial charge in [-0.15, -0.1) is 0 Å². The molecule has 2 aliphatic rings. The minimum absolute atomic E-state index is 0.103. The number of ether oxygens (including phenoxy) is 6. The van der Waals surface area contributed by atoms with E-state index in [0.717, 1.165) is 20.7 Å². The Kier molecular flexibility index (Phi) is 19.4. The van der Waals surface area contributed by atoms with E-state index >= 15 is 0 Å². The highest BCUT2D eigenvalue weighted by atomic mass is 28.4. The molecule has 0 saturated carbocycles. The van der Waals surface area contributed by atoms with Crippen molar-refractivity contribution in [2.75, 3.05) is 13.2 Å². The molecule has 15 nitrogen and oxygen atoms in total. The number of benzene rings is 7. The van der Waals surface area contributed by atoms with Gasteiger partial charge >= 0.3 is 17.9 Å². The summed E-state index contributed by atoms with van der Waals surface area (Å²) >= 11 is 0. The number of hydrogen-bond acceptors (Lipinski definition) is 14. The number of carbonyl (C=O) groups excluding carboxylic acids is 4. The third-order valence-electron chi connectivity index (χ3n) is 15.5. The number of hydrogen-bond donors (Lipinski definition) is 3. The average molecular weight is 1170 g/mol. The molecule has 2 aliphatic heterocycles. The fraction of sp³-hybridized carbons (Fsp3) is 0.313. The van der Waals surface area contributed by atoms with Gasteiger partial charge < -0.3 is 52.8 Å². The number of esters is 3. The molecule has 84 heavy (non-hydrogen) atoms. The molecule has 1 amide bonds. The van der Waals surface area contributed by atoms with Crippen molar-refractivity contribution in [3.8, 4) is 0 Å². The molecule has 2 heterocycles. The Hall–Kier alpha value is -7.43. The first kappa shape index (κ1) is 61.1. The van der Waals surface area contributed by atoms with E-state index in [0.29, 0.717) is 0 Å². The maximum absolute atomic E-state index is 14.8. The maximum Gasteiger partial charge on any atom is 0.338 e. The van der Waals surface area contributed by atoms with Crippen molar-refractivity contribution >= 4 is 61.2 Å². The first-order valence-electron chi connectivity index (χ1n) is 28.2. The van der Waals surface area contributed by atoms with Crippen LogP contribution in [0, 0.1) is 0 Å². The number of nitrogens with one attached hydrogen (secondary N) is 1. The van der Waals surface area contributed by atoms with E-state index in [1.807, 2.05) is 121 Å². The van der Waals surface area contributed by atoms with Crippen molar-refractivity contribution in [1.82, 2.24) is 5.32 Å². The molecular formula is C67H73NO14Si2. The third kappa shape index (κ3) is 13.2. The van der Waals surface area contributed by atoms with E-state index in [-0.39, 0.29) is 29.9 Å². The SMILES string of the molecule is CC(=O)N[C@@H]1[C@@H](O)[C@H](O[C@@H]2O[C@H](CO[Si](c3ccccc3)(c3ccccc3)C(C)(C)C)[C@H](OC(=O)c3ccccc3)[C@H](OC(=O)c3ccccc3)[C@H]2OC(=O)c2ccccc2)[C@@H](CO[Si](c2ccccc2)(c2ccccc2)C(C)(C)C)O[C@H]1O. The molecule has 0 unspecified atom stereocenters. The Balaban J connectivity index is 1.22. The second-order valence-electron chi connectivity index (χ2n) is 23.1. The zero-order valence-electron chi connectivity index (χ0n) is 48.2. The number of amides is 1. The molecule has 0 spiro atoms. The van der Waals surface area contributed by atoms with Crippen molar-refractivity contribution in [2.24, 2.45) is 0 Å². The molecule has 9 rings (SSSR count). The molecule has 0 aliphatic carbocycles. The first-order chi connectivity index (χ1) is 40.3. The van der Waals surface area contributed by atoms with Crippen LogP contribution >= 0.6 is 0 Å². The average Bonchev–Trinajstić information content (AvgIpc) is 1.61. The van der Waals surface area contributed by atoms with Crippen molar-refractivity contribution in [2.45, 2.75) is 120 Å². The summed E-state index contributed by atoms with van der Waals surface area (Å²) < 4.78 is 55.2. The normalized spacial score (nSPS) is 22.9. The molecule has 3 N–H and O–H groups in total. The van der Waals surface area contributed by atoms with E-state index in [1.54, 1.807) is 78.9 Å². The molecule has 2 fully saturated rings. The summed E-state index contributed by atoms with van der Waals surface area (Å²) in [6.07, 6.45) is -14.9. The minimum Gasteiger partial charge on any atom is -0.452 e. The van der Waals surface area contributed by atoms with Gasteiger partial charge in [-0.3, -0.25) is 4.79 Å². The highest BCUT2D eigenvalue weighted by molar-refractivity contribution is 7.00. The predicted octanol–water partition coefficient (Wildman–Crippen LogP) is 7.51. The smallest absolute Gasteiger partial charge is 0.338 e. The Morgan fingerprint density at radius 2 is 0.750 bits per heavy atom. The molecule has 7 aromatic carbocycles. The molecule has 10 atom stereocenters. The number of aliphatic hydroxyl groups excluding tert-OH is 2. The van der Waals surface area contributed by atoms with Crippen LogP contribution in [0.15, 0.2) is 212 Å². The molecule has 7 aromatic rings. The molecule has 0 bridgehead atoms. The lowest BCUT2D eigenvalue weighted by molar-refractivity contribution is -0.342. The van der Waals surface area contributed by atoms with Crippen molar-refractivity contribution in [1.29, 1.82) is 0 Å². The predicted molar refractivity (Wildman–Crippen MR) is 322 cm³/mol. The van der Waals surface area contributed by atoms with Crippen LogP contribution in [0.1, 0.15) is 79.5 Å². The molecule has 438 valence electrons. The van der Waals surface area contributed by atoms with Crippen LogP contribution in [-0.4, -0.2) is 125 Å². The quantitative estimate of drug-likeness (QED) is 0.0409. The lowest BCUT2D eigenvalue weighted by Crippen LogP contribution is -2.71. The third-order valence-corrected chi connectivity index (χ3v) is 25.5. The van der Waals surface area contributed by atoms with Crippen LogP contribution in [0.5, 0.6) is 0 Å². The molecular weight excluding hydrogens is 1100 g/mol. The van der Waals surface area contributed by atoms with Crippen LogP contribution in [0.25, 0.3) is 0 Å². The Bertz CT molecular complexity index is 3190. The summed E-state index contributed by atoms with van der Waals surface area (Å²) in [6, 6.07) is 62.5. The Morgan fingerprint density at radius 1 is 0.440 bits per heavy atom. The van der Waals surface area contributed by atoms with Crippen LogP contribution in [0.4, 0.5) is 0 Å². The number of rotatable bonds is 19. The van der Waals surface area contributed by atoms with Gasteiger partial charge in [-0.05, 0) is 67.2 Å². The van der Waals surface area contributed by atoms with Gasteiger partial charge in [-0.25, -0.2) is 14.4 Å². The van der Waals surface area contributed by atoms with Gasteiger partial charge in [0.05, 0.1) is 29.9 Å². The summed E-state index contributed by atoms with van der Waals surface area (Å²) in [5, 5.41) is 29.7. The van der Waals surface area contributed by atoms with E-state index in [4.69, 9.17) is 37.3 Å². The highest BCUT2D eigenvalue weighted by Crippen LogP contribution is 2.41. The largest absolute Gasteiger partial charge is 0.452 e. The molecule has 17 heteroatoms. The minimum atomic E-state index is -3.48. The van der Waals surface area contributed by atoms with Gasteiger partial charge in [0.15, 0.2) is 30.9 Å². The summed E-state index contributed by atoms with van der Waals surface area (Å²) in [6.45, 7) is 13.2. The van der Waals surface area contributed by atoms with Crippen LogP contribution in [-0.2, 0) is 42.1 Å². The topological polar surface area (TPSA) is 195 Å². The maximum atomic E-state index is 14.8. The highest BCUT2D eigenvalue weighted by Gasteiger charge is 2.59. The zero-order chi connectivity index (χ0) is 59.7. The Morgan fingerprint density at radius 3 is 1.08 bits per heavy atom. The van der Waals surface area contributed by atoms with E-state index in [1.165, 1.54) is 19.1 Å². The fourth-order valence-corrected chi connectivity index (χ4v) is 20.7. The van der Waals surface area contributed by atoms with Crippen LogP contribution in [0.3, 0.4) is 0 Å². The van der Waals surface area contributed by atoms with E-state index in [2.05, 4.69) is 46.9 Å². The Labute approximate surface area is 493 Å². The van der Waals surface area contributed by atoms with E-state index in [9.17, 15) is 29.4 Å². The van der Waals surface area contributed by atoms with Gasteiger partial charge in [0, 0.05) is 6.92 Å². The number of carbonyl (C=O) groups is 4. The van der Waals surface area contributed by atoms with Crippen LogP contribution in [0.2, 0.25) is 10.1 Å². The second-order valence-corrected chi connectivity index (χ2v) is 31.7. The van der Waals surface area contributed by atoms with Crippen molar-refractivity contribution in [3.63, 3.8) is 0 Å². The van der Waals surface area contributed by atoms with Gasteiger partial charge in [0.25, 0.3) is 16.6 Å². The van der Waals surface area contributed by atoms with Gasteiger partial charge in [-0.2, -0.15) is 0 Å². The zero-order valence-corrected chi connectivity index (χ0v) is 50.2. The lowest BCUT2D eigenvalue weighted by atomic mass is 9.95. The van der Waals surface area contributed by atoms with Gasteiger partial charge in [0.2, 0.25) is 5.91 Å². The summed E-state index contributed by atoms with van der Waals surface area (Å²) in [4.78, 5) is 57.1. The standard InChI is InChI=1S/C67H73NO14Si2/c1-45(69)68-55-56(70)57(53(77-64(55)74)43-75-83(66(2,3)4,49-35-21-11-22-36-49)50-37-23-12-24-38-50)82-65-60(81-63(73)48-33-19-10-20-34-48)59(80-62(72)47-31-17-9-18-32-47)58(79-61(71)46-29-15-8-16-30-46)54(78-65)44-76-84(67(5,6)7,51-39-25-13-26-40-51)52-41-27-14-28-42-52/h8-42,53-60,64-65,70,74H,43-44H2,1-7H3,(H,68,69)/t53-,54-,55-,56-,57-,58+,59+,60-,64-,65+/m1/s1. The van der Waals surface area contributed by atoms with Gasteiger partial charge in [-0.1, -0.05) is 217 Å². The fourth-order valence-electron chi connectivity index (χ4n) is 11.5.